The van der Waals surface area contributed by atoms with Crippen molar-refractivity contribution in [1.29, 1.82) is 0 Å². The van der Waals surface area contributed by atoms with Gasteiger partial charge in [0.15, 0.2) is 0 Å². The van der Waals surface area contributed by atoms with Gasteiger partial charge in [-0.25, -0.2) is 4.39 Å². The Hall–Kier alpha value is -1.95. The van der Waals surface area contributed by atoms with Gasteiger partial charge < -0.3 is 10.6 Å². The molecule has 0 saturated carbocycles. The Morgan fingerprint density at radius 2 is 2.00 bits per heavy atom. The van der Waals surface area contributed by atoms with Gasteiger partial charge in [-0.15, -0.1) is 0 Å². The van der Waals surface area contributed by atoms with Gasteiger partial charge in [-0.3, -0.25) is 14.5 Å². The molecular formula is C15H20FN3O2. The van der Waals surface area contributed by atoms with Crippen LogP contribution in [0.3, 0.4) is 0 Å². The second-order valence-electron chi connectivity index (χ2n) is 5.35. The second-order valence-corrected chi connectivity index (χ2v) is 5.35. The van der Waals surface area contributed by atoms with Gasteiger partial charge in [-0.1, -0.05) is 0 Å². The molecule has 5 nitrogen and oxygen atoms in total. The van der Waals surface area contributed by atoms with Crippen molar-refractivity contribution in [3.63, 3.8) is 0 Å². The normalized spacial score (nSPS) is 16.6. The molecule has 1 fully saturated rings. The standard InChI is InChI=1S/C15H20FN3O2/c1-11-9-12(3-4-13(11)16)15(21)19-6-2-5-18(7-8-19)10-14(17)20/h3-4,9H,2,5-8,10H2,1H3,(H2,17,20). The minimum atomic E-state index is -0.357. The third-order valence-corrected chi connectivity index (χ3v) is 3.66. The highest BCUT2D eigenvalue weighted by Crippen LogP contribution is 2.13. The van der Waals surface area contributed by atoms with Crippen LogP contribution >= 0.6 is 0 Å². The van der Waals surface area contributed by atoms with E-state index in [9.17, 15) is 14.0 Å². The number of carbonyl (C=O) groups excluding carboxylic acids is 2. The number of nitrogens with zero attached hydrogens (tertiary/aromatic N) is 2. The lowest BCUT2D eigenvalue weighted by atomic mass is 10.1. The molecule has 0 atom stereocenters. The molecule has 0 spiro atoms. The number of carbonyl (C=O) groups is 2. The number of hydrogen-bond acceptors (Lipinski definition) is 3. The van der Waals surface area contributed by atoms with Crippen molar-refractivity contribution in [1.82, 2.24) is 9.80 Å². The van der Waals surface area contributed by atoms with Crippen molar-refractivity contribution in [2.24, 2.45) is 5.73 Å². The maximum absolute atomic E-state index is 13.3. The van der Waals surface area contributed by atoms with Crippen LogP contribution in [-0.4, -0.2) is 54.3 Å². The van der Waals surface area contributed by atoms with Gasteiger partial charge in [0.05, 0.1) is 6.54 Å². The molecule has 0 aromatic heterocycles. The molecule has 1 aromatic carbocycles. The summed E-state index contributed by atoms with van der Waals surface area (Å²) >= 11 is 0. The molecule has 21 heavy (non-hydrogen) atoms. The summed E-state index contributed by atoms with van der Waals surface area (Å²) in [4.78, 5) is 27.1. The SMILES string of the molecule is Cc1cc(C(=O)N2CCCN(CC(N)=O)CC2)ccc1F. The monoisotopic (exact) mass is 293 g/mol. The first-order valence-electron chi connectivity index (χ1n) is 7.03. The van der Waals surface area contributed by atoms with Crippen LogP contribution in [0.2, 0.25) is 0 Å². The Labute approximate surface area is 123 Å². The fourth-order valence-corrected chi connectivity index (χ4v) is 2.51. The van der Waals surface area contributed by atoms with Crippen LogP contribution in [0.5, 0.6) is 0 Å². The predicted molar refractivity (Wildman–Crippen MR) is 77.3 cm³/mol. The van der Waals surface area contributed by atoms with E-state index >= 15 is 0 Å². The van der Waals surface area contributed by atoms with Gasteiger partial charge in [0, 0.05) is 31.7 Å². The van der Waals surface area contributed by atoms with E-state index in [1.54, 1.807) is 17.9 Å². The number of benzene rings is 1. The van der Waals surface area contributed by atoms with Crippen LogP contribution in [0.25, 0.3) is 0 Å². The Kier molecular flexibility index (Phi) is 4.90. The van der Waals surface area contributed by atoms with E-state index in [4.69, 9.17) is 5.73 Å². The molecule has 0 radical (unpaired) electrons. The molecule has 1 saturated heterocycles. The fourth-order valence-electron chi connectivity index (χ4n) is 2.51. The summed E-state index contributed by atoms with van der Waals surface area (Å²) < 4.78 is 13.3. The molecule has 0 unspecified atom stereocenters. The van der Waals surface area contributed by atoms with E-state index in [0.717, 1.165) is 13.0 Å². The van der Waals surface area contributed by atoms with Crippen molar-refractivity contribution in [3.8, 4) is 0 Å². The molecule has 0 bridgehead atoms. The highest BCUT2D eigenvalue weighted by molar-refractivity contribution is 5.94. The number of halogens is 1. The van der Waals surface area contributed by atoms with Crippen LogP contribution in [0, 0.1) is 12.7 Å². The van der Waals surface area contributed by atoms with E-state index in [0.29, 0.717) is 30.8 Å². The third-order valence-electron chi connectivity index (χ3n) is 3.66. The number of primary amides is 1. The lowest BCUT2D eigenvalue weighted by molar-refractivity contribution is -0.119. The molecular weight excluding hydrogens is 273 g/mol. The summed E-state index contributed by atoms with van der Waals surface area (Å²) in [5.74, 6) is -0.766. The minimum Gasteiger partial charge on any atom is -0.369 e. The van der Waals surface area contributed by atoms with Crippen molar-refractivity contribution in [2.45, 2.75) is 13.3 Å². The zero-order valence-corrected chi connectivity index (χ0v) is 12.1. The van der Waals surface area contributed by atoms with E-state index in [2.05, 4.69) is 0 Å². The average Bonchev–Trinajstić information content (AvgIpc) is 2.66. The molecule has 1 aliphatic rings. The average molecular weight is 293 g/mol. The van der Waals surface area contributed by atoms with Crippen molar-refractivity contribution in [2.75, 3.05) is 32.7 Å². The molecule has 114 valence electrons. The van der Waals surface area contributed by atoms with Gasteiger partial charge in [0.25, 0.3) is 5.91 Å². The number of aryl methyl sites for hydroxylation is 1. The minimum absolute atomic E-state index is 0.0981. The summed E-state index contributed by atoms with van der Waals surface area (Å²) in [6.07, 6.45) is 0.791. The first-order chi connectivity index (χ1) is 9.97. The largest absolute Gasteiger partial charge is 0.369 e. The lowest BCUT2D eigenvalue weighted by Crippen LogP contribution is -2.38. The summed E-state index contributed by atoms with van der Waals surface area (Å²) in [6.45, 7) is 4.40. The molecule has 6 heteroatoms. The molecule has 1 aliphatic heterocycles. The molecule has 1 heterocycles. The van der Waals surface area contributed by atoms with Crippen LogP contribution < -0.4 is 5.73 Å². The Balaban J connectivity index is 2.02. The first kappa shape index (κ1) is 15.4. The molecule has 2 amide bonds. The van der Waals surface area contributed by atoms with Crippen LogP contribution in [0.4, 0.5) is 4.39 Å². The lowest BCUT2D eigenvalue weighted by Gasteiger charge is -2.21. The molecule has 1 aromatic rings. The number of hydrogen-bond donors (Lipinski definition) is 1. The van der Waals surface area contributed by atoms with E-state index in [-0.39, 0.29) is 24.2 Å². The van der Waals surface area contributed by atoms with Crippen molar-refractivity contribution < 1.29 is 14.0 Å². The first-order valence-corrected chi connectivity index (χ1v) is 7.03. The van der Waals surface area contributed by atoms with E-state index in [1.807, 2.05) is 4.90 Å². The van der Waals surface area contributed by atoms with Gasteiger partial charge >= 0.3 is 0 Å². The maximum atomic E-state index is 13.3. The van der Waals surface area contributed by atoms with Crippen LogP contribution in [0.1, 0.15) is 22.3 Å². The summed E-state index contributed by atoms with van der Waals surface area (Å²) in [6, 6.07) is 4.40. The number of nitrogens with two attached hydrogens (primary N) is 1. The fraction of sp³-hybridized carbons (Fsp3) is 0.467. The molecule has 2 N–H and O–H groups in total. The number of amides is 2. The van der Waals surface area contributed by atoms with Crippen molar-refractivity contribution in [3.05, 3.63) is 35.1 Å². The van der Waals surface area contributed by atoms with Gasteiger partial charge in [0.1, 0.15) is 5.82 Å². The zero-order chi connectivity index (χ0) is 15.4. The summed E-state index contributed by atoms with van der Waals surface area (Å²) in [7, 11) is 0. The number of rotatable bonds is 3. The predicted octanol–water partition coefficient (Wildman–Crippen LogP) is 0.767. The van der Waals surface area contributed by atoms with Crippen LogP contribution in [0.15, 0.2) is 18.2 Å². The molecule has 0 aliphatic carbocycles. The highest BCUT2D eigenvalue weighted by atomic mass is 19.1. The Morgan fingerprint density at radius 3 is 2.67 bits per heavy atom. The zero-order valence-electron chi connectivity index (χ0n) is 12.1. The second kappa shape index (κ2) is 6.67. The topological polar surface area (TPSA) is 66.6 Å². The smallest absolute Gasteiger partial charge is 0.253 e. The van der Waals surface area contributed by atoms with Gasteiger partial charge in [0.2, 0.25) is 5.91 Å². The Morgan fingerprint density at radius 1 is 1.24 bits per heavy atom. The van der Waals surface area contributed by atoms with E-state index in [1.165, 1.54) is 12.1 Å². The van der Waals surface area contributed by atoms with Gasteiger partial charge in [-0.05, 0) is 37.1 Å². The maximum Gasteiger partial charge on any atom is 0.253 e. The quantitative estimate of drug-likeness (QED) is 0.895. The summed E-state index contributed by atoms with van der Waals surface area (Å²) in [5, 5.41) is 0. The van der Waals surface area contributed by atoms with Crippen LogP contribution in [-0.2, 0) is 4.79 Å². The van der Waals surface area contributed by atoms with E-state index < -0.39 is 0 Å². The molecule has 2 rings (SSSR count). The Bertz CT molecular complexity index is 548. The van der Waals surface area contributed by atoms with Crippen molar-refractivity contribution >= 4 is 11.8 Å². The summed E-state index contributed by atoms with van der Waals surface area (Å²) in [5.41, 5.74) is 6.16. The highest BCUT2D eigenvalue weighted by Gasteiger charge is 2.21. The third kappa shape index (κ3) is 4.01. The van der Waals surface area contributed by atoms with Gasteiger partial charge in [-0.2, -0.15) is 0 Å².